The molecule has 1 N–H and O–H groups in total. The molecule has 3 aromatic rings. The molecule has 2 unspecified atom stereocenters. The Balaban J connectivity index is 1.53. The molecule has 0 aliphatic rings. The summed E-state index contributed by atoms with van der Waals surface area (Å²) in [5.74, 6) is 0.133. The van der Waals surface area contributed by atoms with E-state index in [1.165, 1.54) is 12.1 Å². The van der Waals surface area contributed by atoms with Crippen LogP contribution >= 0.6 is 0 Å². The van der Waals surface area contributed by atoms with Crippen molar-refractivity contribution in [3.8, 4) is 11.5 Å². The van der Waals surface area contributed by atoms with Crippen molar-refractivity contribution in [3.05, 3.63) is 95.3 Å². The van der Waals surface area contributed by atoms with Gasteiger partial charge in [0.2, 0.25) is 0 Å². The maximum atomic E-state index is 13.3. The van der Waals surface area contributed by atoms with Crippen molar-refractivity contribution in [3.63, 3.8) is 0 Å². The zero-order valence-corrected chi connectivity index (χ0v) is 18.2. The second-order valence-corrected chi connectivity index (χ2v) is 7.38. The van der Waals surface area contributed by atoms with E-state index in [0.717, 1.165) is 16.7 Å². The molecule has 5 nitrogen and oxygen atoms in total. The number of ether oxygens (including phenoxy) is 3. The summed E-state index contributed by atoms with van der Waals surface area (Å²) in [7, 11) is 0. The molecule has 0 aromatic heterocycles. The molecule has 0 saturated heterocycles. The van der Waals surface area contributed by atoms with Crippen LogP contribution in [0.4, 0.5) is 4.39 Å². The van der Waals surface area contributed by atoms with Crippen LogP contribution in [0.5, 0.6) is 11.5 Å². The molecule has 0 heterocycles. The van der Waals surface area contributed by atoms with Gasteiger partial charge in [0.25, 0.3) is 0 Å². The van der Waals surface area contributed by atoms with E-state index in [1.807, 2.05) is 61.5 Å². The van der Waals surface area contributed by atoms with Crippen molar-refractivity contribution in [2.45, 2.75) is 39.1 Å². The van der Waals surface area contributed by atoms with Gasteiger partial charge in [-0.15, -0.1) is 0 Å². The summed E-state index contributed by atoms with van der Waals surface area (Å²) < 4.78 is 30.2. The minimum atomic E-state index is -0.968. The van der Waals surface area contributed by atoms with Gasteiger partial charge in [0.15, 0.2) is 6.10 Å². The second-order valence-electron chi connectivity index (χ2n) is 7.38. The summed E-state index contributed by atoms with van der Waals surface area (Å²) in [5, 5.41) is 9.21. The van der Waals surface area contributed by atoms with Crippen molar-refractivity contribution in [1.29, 1.82) is 0 Å². The van der Waals surface area contributed by atoms with E-state index < -0.39 is 12.1 Å². The molecule has 2 atom stereocenters. The largest absolute Gasteiger partial charge is 0.489 e. The molecule has 6 heteroatoms. The van der Waals surface area contributed by atoms with Gasteiger partial charge in [0.05, 0.1) is 0 Å². The van der Waals surface area contributed by atoms with E-state index in [0.29, 0.717) is 31.1 Å². The van der Waals surface area contributed by atoms with Crippen LogP contribution in [0.3, 0.4) is 0 Å². The Bertz CT molecular complexity index is 1000. The number of carboxylic acids is 1. The number of hydrogen-bond acceptors (Lipinski definition) is 4. The van der Waals surface area contributed by atoms with Gasteiger partial charge in [-0.3, -0.25) is 0 Å². The van der Waals surface area contributed by atoms with E-state index in [1.54, 1.807) is 13.0 Å². The fraction of sp³-hybridized carbons (Fsp3) is 0.269. The molecular formula is C26H27FO5. The first-order valence-corrected chi connectivity index (χ1v) is 10.5. The Morgan fingerprint density at radius 3 is 2.28 bits per heavy atom. The highest BCUT2D eigenvalue weighted by molar-refractivity contribution is 5.72. The number of rotatable bonds is 11. The first-order valence-electron chi connectivity index (χ1n) is 10.5. The predicted molar refractivity (Wildman–Crippen MR) is 119 cm³/mol. The van der Waals surface area contributed by atoms with Crippen molar-refractivity contribution in [2.75, 3.05) is 6.61 Å². The van der Waals surface area contributed by atoms with Gasteiger partial charge in [0, 0.05) is 13.0 Å². The molecule has 168 valence electrons. The molecule has 0 amide bonds. The summed E-state index contributed by atoms with van der Waals surface area (Å²) in [5.41, 5.74) is 2.62. The fourth-order valence-corrected chi connectivity index (χ4v) is 3.24. The Hall–Kier alpha value is -3.38. The molecule has 3 aromatic carbocycles. The number of hydrogen-bond donors (Lipinski definition) is 1. The summed E-state index contributed by atoms with van der Waals surface area (Å²) in [6, 6.07) is 21.3. The zero-order valence-electron chi connectivity index (χ0n) is 18.2. The van der Waals surface area contributed by atoms with Crippen LogP contribution in [0.2, 0.25) is 0 Å². The summed E-state index contributed by atoms with van der Waals surface area (Å²) in [4.78, 5) is 11.2. The Labute approximate surface area is 187 Å². The van der Waals surface area contributed by atoms with Gasteiger partial charge in [-0.25, -0.2) is 9.18 Å². The molecule has 0 saturated carbocycles. The standard InChI is InChI=1S/C26H27FO5/c1-3-30-25(26(28)29)16-19-7-11-24(12-8-19)32-18(2)21-9-13-23(14-10-21)31-17-20-5-4-6-22(27)15-20/h4-15,18,25H,3,16-17H2,1-2H3,(H,28,29). The molecule has 0 spiro atoms. The van der Waals surface area contributed by atoms with Gasteiger partial charge in [-0.05, 0) is 66.9 Å². The van der Waals surface area contributed by atoms with Crippen LogP contribution in [0.25, 0.3) is 0 Å². The lowest BCUT2D eigenvalue weighted by molar-refractivity contribution is -0.149. The third kappa shape index (κ3) is 6.82. The maximum Gasteiger partial charge on any atom is 0.333 e. The number of halogens is 1. The highest BCUT2D eigenvalue weighted by Gasteiger charge is 2.18. The van der Waals surface area contributed by atoms with Crippen LogP contribution in [-0.2, 0) is 22.6 Å². The van der Waals surface area contributed by atoms with Crippen LogP contribution in [0.1, 0.15) is 36.6 Å². The number of aliphatic carboxylic acids is 1. The third-order valence-corrected chi connectivity index (χ3v) is 4.94. The van der Waals surface area contributed by atoms with E-state index in [9.17, 15) is 14.3 Å². The average Bonchev–Trinajstić information content (AvgIpc) is 2.79. The lowest BCUT2D eigenvalue weighted by atomic mass is 10.1. The minimum absolute atomic E-state index is 0.187. The molecule has 0 aliphatic heterocycles. The van der Waals surface area contributed by atoms with Crippen LogP contribution in [0, 0.1) is 5.82 Å². The van der Waals surface area contributed by atoms with E-state index in [2.05, 4.69) is 0 Å². The molecule has 0 bridgehead atoms. The van der Waals surface area contributed by atoms with Crippen LogP contribution in [-0.4, -0.2) is 23.8 Å². The lowest BCUT2D eigenvalue weighted by Crippen LogP contribution is -2.26. The van der Waals surface area contributed by atoms with E-state index >= 15 is 0 Å². The van der Waals surface area contributed by atoms with Gasteiger partial charge >= 0.3 is 5.97 Å². The monoisotopic (exact) mass is 438 g/mol. The molecule has 32 heavy (non-hydrogen) atoms. The summed E-state index contributed by atoms with van der Waals surface area (Å²) >= 11 is 0. The third-order valence-electron chi connectivity index (χ3n) is 4.94. The van der Waals surface area contributed by atoms with Crippen LogP contribution in [0.15, 0.2) is 72.8 Å². The fourth-order valence-electron chi connectivity index (χ4n) is 3.24. The highest BCUT2D eigenvalue weighted by atomic mass is 19.1. The molecular weight excluding hydrogens is 411 g/mol. The van der Waals surface area contributed by atoms with Crippen molar-refractivity contribution in [1.82, 2.24) is 0 Å². The lowest BCUT2D eigenvalue weighted by Gasteiger charge is -2.17. The Kier molecular flexibility index (Phi) is 8.22. The number of benzene rings is 3. The van der Waals surface area contributed by atoms with Gasteiger partial charge in [-0.2, -0.15) is 0 Å². The second kappa shape index (κ2) is 11.3. The predicted octanol–water partition coefficient (Wildman–Crippen LogP) is 5.58. The summed E-state index contributed by atoms with van der Waals surface area (Å²) in [6.07, 6.45) is -0.739. The first-order chi connectivity index (χ1) is 15.4. The van der Waals surface area contributed by atoms with Gasteiger partial charge in [0.1, 0.15) is 30.0 Å². The normalized spacial score (nSPS) is 12.7. The highest BCUT2D eigenvalue weighted by Crippen LogP contribution is 2.24. The van der Waals surface area contributed by atoms with Crippen molar-refractivity contribution in [2.24, 2.45) is 0 Å². The molecule has 0 radical (unpaired) electrons. The molecule has 0 aliphatic carbocycles. The number of carboxylic acid groups (broad SMARTS) is 1. The quantitative estimate of drug-likeness (QED) is 0.424. The Morgan fingerprint density at radius 2 is 1.66 bits per heavy atom. The first kappa shape index (κ1) is 23.3. The van der Waals surface area contributed by atoms with E-state index in [-0.39, 0.29) is 11.9 Å². The number of carbonyl (C=O) groups is 1. The Morgan fingerprint density at radius 1 is 0.969 bits per heavy atom. The molecule has 3 rings (SSSR count). The zero-order chi connectivity index (χ0) is 22.9. The summed E-state index contributed by atoms with van der Waals surface area (Å²) in [6.45, 7) is 4.37. The molecule has 0 fully saturated rings. The topological polar surface area (TPSA) is 65.0 Å². The minimum Gasteiger partial charge on any atom is -0.489 e. The van der Waals surface area contributed by atoms with Gasteiger partial charge in [-0.1, -0.05) is 36.4 Å². The van der Waals surface area contributed by atoms with Crippen molar-refractivity contribution >= 4 is 5.97 Å². The van der Waals surface area contributed by atoms with Crippen molar-refractivity contribution < 1.29 is 28.5 Å². The maximum absolute atomic E-state index is 13.3. The SMILES string of the molecule is CCOC(Cc1ccc(OC(C)c2ccc(OCc3cccc(F)c3)cc2)cc1)C(=O)O. The van der Waals surface area contributed by atoms with E-state index in [4.69, 9.17) is 14.2 Å². The smallest absolute Gasteiger partial charge is 0.333 e. The van der Waals surface area contributed by atoms with Crippen LogP contribution < -0.4 is 9.47 Å². The average molecular weight is 438 g/mol. The van der Waals surface area contributed by atoms with Gasteiger partial charge < -0.3 is 19.3 Å².